The molecule has 0 heterocycles. The first kappa shape index (κ1) is 20.5. The maximum Gasteiger partial charge on any atom is 0.220 e. The van der Waals surface area contributed by atoms with E-state index in [1.807, 2.05) is 19.1 Å². The van der Waals surface area contributed by atoms with E-state index in [4.69, 9.17) is 5.73 Å². The highest BCUT2D eigenvalue weighted by Crippen LogP contribution is 2.39. The fourth-order valence-electron chi connectivity index (χ4n) is 2.60. The molecule has 0 aliphatic carbocycles. The molecule has 1 aromatic carbocycles. The van der Waals surface area contributed by atoms with E-state index in [0.717, 1.165) is 16.7 Å². The van der Waals surface area contributed by atoms with Crippen molar-refractivity contribution >= 4 is 5.91 Å². The Balaban J connectivity index is 3.05. The zero-order valence-corrected chi connectivity index (χ0v) is 16.3. The summed E-state index contributed by atoms with van der Waals surface area (Å²) in [5.74, 6) is 0.384. The Labute approximate surface area is 146 Å². The van der Waals surface area contributed by atoms with E-state index in [9.17, 15) is 9.90 Å². The summed E-state index contributed by atoms with van der Waals surface area (Å²) in [7, 11) is 0. The molecule has 136 valence electrons. The third-order valence-corrected chi connectivity index (χ3v) is 4.05. The molecule has 1 amide bonds. The molecule has 0 aliphatic heterocycles. The van der Waals surface area contributed by atoms with Crippen molar-refractivity contribution in [3.05, 3.63) is 28.8 Å². The number of rotatable bonds is 5. The molecular formula is C20H34N2O2. The molecule has 0 saturated carbocycles. The van der Waals surface area contributed by atoms with Crippen molar-refractivity contribution in [3.63, 3.8) is 0 Å². The minimum absolute atomic E-state index is 0.00925. The molecule has 24 heavy (non-hydrogen) atoms. The fraction of sp³-hybridized carbons (Fsp3) is 0.650. The number of hydrogen-bond donors (Lipinski definition) is 3. The molecule has 0 spiro atoms. The van der Waals surface area contributed by atoms with Gasteiger partial charge in [0.2, 0.25) is 5.91 Å². The van der Waals surface area contributed by atoms with Gasteiger partial charge < -0.3 is 16.2 Å². The van der Waals surface area contributed by atoms with E-state index in [1.165, 1.54) is 0 Å². The second kappa shape index (κ2) is 7.56. The van der Waals surface area contributed by atoms with Crippen LogP contribution in [0, 0.1) is 0 Å². The Kier molecular flexibility index (Phi) is 6.45. The molecule has 0 radical (unpaired) electrons. The van der Waals surface area contributed by atoms with Crippen molar-refractivity contribution in [2.45, 2.75) is 78.2 Å². The quantitative estimate of drug-likeness (QED) is 0.772. The predicted molar refractivity (Wildman–Crippen MR) is 100 cm³/mol. The summed E-state index contributed by atoms with van der Waals surface area (Å²) in [6.45, 7) is 14.9. The Morgan fingerprint density at radius 2 is 1.58 bits per heavy atom. The molecule has 0 aliphatic rings. The standard InChI is InChI=1S/C20H34N2O2/c1-13(21)12-22-17(23)9-8-14-10-15(19(2,3)4)18(24)16(11-14)20(5,6)7/h10-11,13,24H,8-9,12,21H2,1-7H3,(H,22,23). The Morgan fingerprint density at radius 1 is 1.12 bits per heavy atom. The molecule has 1 unspecified atom stereocenters. The summed E-state index contributed by atoms with van der Waals surface area (Å²) in [4.78, 5) is 11.9. The number of amides is 1. The van der Waals surface area contributed by atoms with Gasteiger partial charge in [0, 0.05) is 19.0 Å². The van der Waals surface area contributed by atoms with E-state index in [2.05, 4.69) is 46.9 Å². The van der Waals surface area contributed by atoms with E-state index >= 15 is 0 Å². The Morgan fingerprint density at radius 3 is 1.96 bits per heavy atom. The third kappa shape index (κ3) is 5.82. The van der Waals surface area contributed by atoms with Gasteiger partial charge in [-0.25, -0.2) is 0 Å². The Bertz CT molecular complexity index is 543. The van der Waals surface area contributed by atoms with Gasteiger partial charge in [0.15, 0.2) is 0 Å². The van der Waals surface area contributed by atoms with Crippen molar-refractivity contribution in [2.24, 2.45) is 5.73 Å². The first-order valence-electron chi connectivity index (χ1n) is 8.71. The minimum atomic E-state index is -0.155. The van der Waals surface area contributed by atoms with Gasteiger partial charge >= 0.3 is 0 Å². The van der Waals surface area contributed by atoms with Gasteiger partial charge in [-0.15, -0.1) is 0 Å². The van der Waals surface area contributed by atoms with Crippen LogP contribution in [-0.2, 0) is 22.0 Å². The van der Waals surface area contributed by atoms with Crippen LogP contribution in [-0.4, -0.2) is 23.6 Å². The average molecular weight is 335 g/mol. The first-order valence-corrected chi connectivity index (χ1v) is 8.71. The van der Waals surface area contributed by atoms with Crippen LogP contribution in [0.25, 0.3) is 0 Å². The van der Waals surface area contributed by atoms with Crippen molar-refractivity contribution in [1.29, 1.82) is 0 Å². The van der Waals surface area contributed by atoms with Crippen LogP contribution in [0.3, 0.4) is 0 Å². The number of carbonyl (C=O) groups is 1. The van der Waals surface area contributed by atoms with Crippen LogP contribution < -0.4 is 11.1 Å². The average Bonchev–Trinajstić information content (AvgIpc) is 2.41. The number of nitrogens with two attached hydrogens (primary N) is 1. The molecular weight excluding hydrogens is 300 g/mol. The van der Waals surface area contributed by atoms with Crippen LogP contribution in [0.4, 0.5) is 0 Å². The molecule has 0 fully saturated rings. The van der Waals surface area contributed by atoms with Gasteiger partial charge in [-0.3, -0.25) is 4.79 Å². The predicted octanol–water partition coefficient (Wildman–Crippen LogP) is 3.38. The fourth-order valence-corrected chi connectivity index (χ4v) is 2.60. The summed E-state index contributed by atoms with van der Waals surface area (Å²) < 4.78 is 0. The smallest absolute Gasteiger partial charge is 0.220 e. The monoisotopic (exact) mass is 334 g/mol. The topological polar surface area (TPSA) is 75.3 Å². The number of nitrogens with one attached hydrogen (secondary N) is 1. The van der Waals surface area contributed by atoms with Crippen LogP contribution in [0.1, 0.15) is 71.6 Å². The molecule has 1 atom stereocenters. The second-order valence-corrected chi connectivity index (χ2v) is 8.82. The lowest BCUT2D eigenvalue weighted by molar-refractivity contribution is -0.121. The van der Waals surface area contributed by atoms with Gasteiger partial charge in [0.05, 0.1) is 0 Å². The zero-order chi connectivity index (χ0) is 18.7. The number of aromatic hydroxyl groups is 1. The second-order valence-electron chi connectivity index (χ2n) is 8.82. The number of phenolic OH excluding ortho intramolecular Hbond substituents is 1. The Hall–Kier alpha value is -1.55. The van der Waals surface area contributed by atoms with E-state index in [-0.39, 0.29) is 22.8 Å². The maximum absolute atomic E-state index is 11.9. The molecule has 0 bridgehead atoms. The third-order valence-electron chi connectivity index (χ3n) is 4.05. The van der Waals surface area contributed by atoms with Gasteiger partial charge in [0.25, 0.3) is 0 Å². The molecule has 4 heteroatoms. The molecule has 1 aromatic rings. The van der Waals surface area contributed by atoms with Gasteiger partial charge in [-0.1, -0.05) is 53.7 Å². The largest absolute Gasteiger partial charge is 0.507 e. The minimum Gasteiger partial charge on any atom is -0.507 e. The summed E-state index contributed by atoms with van der Waals surface area (Å²) >= 11 is 0. The molecule has 0 saturated heterocycles. The summed E-state index contributed by atoms with van der Waals surface area (Å²) in [6.07, 6.45) is 1.07. The lowest BCUT2D eigenvalue weighted by atomic mass is 9.78. The molecule has 1 rings (SSSR count). The summed E-state index contributed by atoms with van der Waals surface area (Å²) in [5.41, 5.74) is 8.29. The summed E-state index contributed by atoms with van der Waals surface area (Å²) in [5, 5.41) is 13.6. The van der Waals surface area contributed by atoms with Gasteiger partial charge in [0.1, 0.15) is 5.75 Å². The van der Waals surface area contributed by atoms with Crippen molar-refractivity contribution in [2.75, 3.05) is 6.54 Å². The van der Waals surface area contributed by atoms with Crippen molar-refractivity contribution in [1.82, 2.24) is 5.32 Å². The van der Waals surface area contributed by atoms with Gasteiger partial charge in [-0.05, 0) is 40.9 Å². The number of phenols is 1. The van der Waals surface area contributed by atoms with Crippen molar-refractivity contribution in [3.8, 4) is 5.75 Å². The molecule has 4 N–H and O–H groups in total. The highest BCUT2D eigenvalue weighted by molar-refractivity contribution is 5.76. The van der Waals surface area contributed by atoms with E-state index < -0.39 is 0 Å². The van der Waals surface area contributed by atoms with Crippen molar-refractivity contribution < 1.29 is 9.90 Å². The lowest BCUT2D eigenvalue weighted by Gasteiger charge is -2.28. The van der Waals surface area contributed by atoms with Crippen LogP contribution in [0.2, 0.25) is 0 Å². The lowest BCUT2D eigenvalue weighted by Crippen LogP contribution is -2.35. The molecule has 4 nitrogen and oxygen atoms in total. The number of aryl methyl sites for hydroxylation is 1. The number of benzene rings is 1. The van der Waals surface area contributed by atoms with Gasteiger partial charge in [-0.2, -0.15) is 0 Å². The number of hydrogen-bond acceptors (Lipinski definition) is 3. The van der Waals surface area contributed by atoms with E-state index in [1.54, 1.807) is 0 Å². The van der Waals surface area contributed by atoms with Crippen LogP contribution >= 0.6 is 0 Å². The normalized spacial score (nSPS) is 13.7. The first-order chi connectivity index (χ1) is 10.8. The van der Waals surface area contributed by atoms with E-state index in [0.29, 0.717) is 25.1 Å². The number of carbonyl (C=O) groups excluding carboxylic acids is 1. The summed E-state index contributed by atoms with van der Waals surface area (Å²) in [6, 6.07) is 4.02. The SMILES string of the molecule is CC(N)CNC(=O)CCc1cc(C(C)(C)C)c(O)c(C(C)(C)C)c1. The van der Waals surface area contributed by atoms with Crippen LogP contribution in [0.15, 0.2) is 12.1 Å². The maximum atomic E-state index is 11.9. The zero-order valence-electron chi connectivity index (χ0n) is 16.3. The molecule has 0 aromatic heterocycles. The highest BCUT2D eigenvalue weighted by Gasteiger charge is 2.26. The highest BCUT2D eigenvalue weighted by atomic mass is 16.3. The van der Waals surface area contributed by atoms with Crippen LogP contribution in [0.5, 0.6) is 5.75 Å².